The number of hydrogen-bond acceptors (Lipinski definition) is 7. The van der Waals surface area contributed by atoms with Crippen LogP contribution in [0.3, 0.4) is 0 Å². The molecule has 0 radical (unpaired) electrons. The number of aromatic amines is 2. The number of aromatic nitrogens is 8. The Labute approximate surface area is 195 Å². The maximum atomic E-state index is 13.1. The molecule has 8 bridgehead atoms. The van der Waals surface area contributed by atoms with E-state index in [-0.39, 0.29) is 5.91 Å². The fourth-order valence-electron chi connectivity index (χ4n) is 4.31. The minimum atomic E-state index is -0.0191. The van der Waals surface area contributed by atoms with E-state index in [1.54, 1.807) is 35.6 Å². The second-order valence-corrected chi connectivity index (χ2v) is 9.06. The summed E-state index contributed by atoms with van der Waals surface area (Å²) in [6.45, 7) is 1.86. The number of imidazole rings is 1. The highest BCUT2D eigenvalue weighted by molar-refractivity contribution is 7.24. The number of pyridine rings is 3. The molecule has 5 aromatic rings. The molecule has 0 atom stereocenters. The Morgan fingerprint density at radius 2 is 1.91 bits per heavy atom. The van der Waals surface area contributed by atoms with Crippen LogP contribution in [0.4, 0.5) is 0 Å². The number of nitrogens with zero attached hydrogens (tertiary/aromatic N) is 6. The van der Waals surface area contributed by atoms with Crippen LogP contribution >= 0.6 is 11.3 Å². The molecule has 7 heterocycles. The quantitative estimate of drug-likeness (QED) is 0.344. The first-order chi connectivity index (χ1) is 16.7. The lowest BCUT2D eigenvalue weighted by Gasteiger charge is -2.06. The highest BCUT2D eigenvalue weighted by Crippen LogP contribution is 2.32. The second-order valence-electron chi connectivity index (χ2n) is 7.99. The number of rotatable bonds is 1. The smallest absolute Gasteiger partial charge is 0.231 e. The molecule has 2 aliphatic heterocycles. The van der Waals surface area contributed by atoms with Gasteiger partial charge in [0, 0.05) is 39.9 Å². The lowest BCUT2D eigenvalue weighted by atomic mass is 10.1. The average Bonchev–Trinajstić information content (AvgIpc) is 3.61. The van der Waals surface area contributed by atoms with Crippen molar-refractivity contribution in [2.24, 2.45) is 0 Å². The van der Waals surface area contributed by atoms with Crippen molar-refractivity contribution < 1.29 is 4.79 Å². The molecule has 0 amide bonds. The number of nitrogens with one attached hydrogen (secondary N) is 2. The van der Waals surface area contributed by atoms with Gasteiger partial charge in [-0.15, -0.1) is 11.3 Å². The Kier molecular flexibility index (Phi) is 3.94. The lowest BCUT2D eigenvalue weighted by Crippen LogP contribution is -2.09. The molecule has 34 heavy (non-hydrogen) atoms. The van der Waals surface area contributed by atoms with Crippen LogP contribution in [0.1, 0.15) is 18.1 Å². The van der Waals surface area contributed by atoms with E-state index in [0.717, 1.165) is 48.1 Å². The van der Waals surface area contributed by atoms with Crippen LogP contribution in [-0.4, -0.2) is 45.6 Å². The molecule has 0 saturated carbocycles. The van der Waals surface area contributed by atoms with Crippen molar-refractivity contribution in [2.75, 3.05) is 0 Å². The van der Waals surface area contributed by atoms with Gasteiger partial charge in [0.05, 0.1) is 35.1 Å². The molecule has 0 saturated heterocycles. The number of H-pyrrole nitrogens is 2. The minimum absolute atomic E-state index is 0.0191. The largest absolute Gasteiger partial charge is 0.298 e. The van der Waals surface area contributed by atoms with E-state index in [4.69, 9.17) is 9.97 Å². The van der Waals surface area contributed by atoms with E-state index in [2.05, 4.69) is 25.1 Å². The average molecular weight is 465 g/mol. The highest BCUT2D eigenvalue weighted by Gasteiger charge is 2.15. The van der Waals surface area contributed by atoms with Crippen molar-refractivity contribution in [2.45, 2.75) is 13.3 Å². The summed E-state index contributed by atoms with van der Waals surface area (Å²) < 4.78 is 2.67. The maximum Gasteiger partial charge on any atom is 0.231 e. The molecule has 9 nitrogen and oxygen atoms in total. The van der Waals surface area contributed by atoms with Crippen molar-refractivity contribution in [3.63, 3.8) is 0 Å². The van der Waals surface area contributed by atoms with E-state index >= 15 is 0 Å². The van der Waals surface area contributed by atoms with Gasteiger partial charge in [-0.1, -0.05) is 6.92 Å². The van der Waals surface area contributed by atoms with Gasteiger partial charge in [-0.2, -0.15) is 0 Å². The van der Waals surface area contributed by atoms with Crippen molar-refractivity contribution in [3.05, 3.63) is 55.2 Å². The first kappa shape index (κ1) is 19.1. The zero-order valence-corrected chi connectivity index (χ0v) is 18.7. The third-order valence-corrected chi connectivity index (χ3v) is 7.07. The molecule has 2 N–H and O–H groups in total. The first-order valence-electron chi connectivity index (χ1n) is 10.8. The predicted molar refractivity (Wildman–Crippen MR) is 133 cm³/mol. The molecule has 0 unspecified atom stereocenters. The van der Waals surface area contributed by atoms with Gasteiger partial charge in [-0.3, -0.25) is 34.5 Å². The first-order valence-corrected chi connectivity index (χ1v) is 11.6. The Morgan fingerprint density at radius 3 is 2.82 bits per heavy atom. The Hall–Kier alpha value is -4.44. The summed E-state index contributed by atoms with van der Waals surface area (Å²) >= 11 is 1.51. The van der Waals surface area contributed by atoms with Crippen LogP contribution in [0, 0.1) is 0 Å². The normalized spacial score (nSPS) is 11.9. The fraction of sp³-hybridized carbons (Fsp3) is 0.0833. The number of thiophene rings is 1. The van der Waals surface area contributed by atoms with Crippen LogP contribution in [0.15, 0.2) is 55.2 Å². The van der Waals surface area contributed by atoms with Crippen molar-refractivity contribution >= 4 is 70.8 Å². The van der Waals surface area contributed by atoms with Crippen molar-refractivity contribution in [3.8, 4) is 11.3 Å². The van der Waals surface area contributed by atoms with Gasteiger partial charge in [0.2, 0.25) is 5.91 Å². The summed E-state index contributed by atoms with van der Waals surface area (Å²) in [5, 5.41) is 8.04. The minimum Gasteiger partial charge on any atom is -0.298 e. The molecule has 0 aromatic carbocycles. The Morgan fingerprint density at radius 1 is 1.00 bits per heavy atom. The van der Waals surface area contributed by atoms with Gasteiger partial charge in [0.1, 0.15) is 21.6 Å². The van der Waals surface area contributed by atoms with Crippen LogP contribution in [0.5, 0.6) is 0 Å². The summed E-state index contributed by atoms with van der Waals surface area (Å²) in [6, 6.07) is 7.87. The lowest BCUT2D eigenvalue weighted by molar-refractivity contribution is 0.0918. The highest BCUT2D eigenvalue weighted by atomic mass is 32.1. The summed E-state index contributed by atoms with van der Waals surface area (Å²) in [6.07, 6.45) is 9.11. The van der Waals surface area contributed by atoms with Crippen LogP contribution < -0.4 is 0 Å². The summed E-state index contributed by atoms with van der Waals surface area (Å²) in [4.78, 5) is 37.0. The SMILES string of the molecule is CCC(=O)n1c2cncc(c2)c2cc3c(cn2)[nH][nH]c-3c2nc3cncc(c4ccc1s4)c3n2. The van der Waals surface area contributed by atoms with E-state index in [0.29, 0.717) is 23.1 Å². The van der Waals surface area contributed by atoms with E-state index in [1.165, 1.54) is 11.3 Å². The summed E-state index contributed by atoms with van der Waals surface area (Å²) in [5.74, 6) is -0.0191. The summed E-state index contributed by atoms with van der Waals surface area (Å²) in [7, 11) is 0. The zero-order valence-electron chi connectivity index (χ0n) is 17.9. The molecule has 5 aromatic heterocycles. The van der Waals surface area contributed by atoms with Crippen LogP contribution in [0.25, 0.3) is 64.8 Å². The van der Waals surface area contributed by atoms with Gasteiger partial charge in [-0.05, 0) is 24.3 Å². The second kappa shape index (κ2) is 7.03. The van der Waals surface area contributed by atoms with Gasteiger partial charge < -0.3 is 0 Å². The van der Waals surface area contributed by atoms with E-state index in [9.17, 15) is 4.79 Å². The number of fused-ring (bicyclic) bond motifs is 9. The van der Waals surface area contributed by atoms with Crippen LogP contribution in [-0.2, 0) is 0 Å². The molecule has 0 fully saturated rings. The Bertz CT molecular complexity index is 1940. The summed E-state index contributed by atoms with van der Waals surface area (Å²) in [5.41, 5.74) is 6.01. The number of carbonyl (C=O) groups excluding carboxylic acids is 1. The van der Waals surface area contributed by atoms with Gasteiger partial charge in [0.25, 0.3) is 0 Å². The monoisotopic (exact) mass is 464 g/mol. The molecule has 0 spiro atoms. The standard InChI is InChI=1S/C24H16N8OS/c1-2-20(33)32-13-5-12(7-25-8-13)16-6-14-17(11-27-16)30-31-23(14)24-28-18-10-26-9-15(22(18)29-24)19-3-4-21(32)34-19/h3-11,30-31H,2H2,1H3. The molecule has 0 aliphatic carbocycles. The molecular weight excluding hydrogens is 448 g/mol. The van der Waals surface area contributed by atoms with Gasteiger partial charge in [0.15, 0.2) is 5.65 Å². The van der Waals surface area contributed by atoms with E-state index in [1.807, 2.05) is 31.2 Å². The molecular formula is C24H16N8OS. The third kappa shape index (κ3) is 2.72. The topological polar surface area (TPSA) is 118 Å². The van der Waals surface area contributed by atoms with Gasteiger partial charge in [-0.25, -0.2) is 9.97 Å². The molecule has 7 rings (SSSR count). The number of carbonyl (C=O) groups is 1. The molecule has 2 aliphatic rings. The van der Waals surface area contributed by atoms with Crippen molar-refractivity contribution in [1.29, 1.82) is 0 Å². The Balaban J connectivity index is 1.76. The van der Waals surface area contributed by atoms with Crippen LogP contribution in [0.2, 0.25) is 0 Å². The number of hydrogen-bond donors (Lipinski definition) is 2. The zero-order chi connectivity index (χ0) is 22.8. The third-order valence-electron chi connectivity index (χ3n) is 5.97. The van der Waals surface area contributed by atoms with Gasteiger partial charge >= 0.3 is 0 Å². The van der Waals surface area contributed by atoms with E-state index < -0.39 is 0 Å². The van der Waals surface area contributed by atoms with Crippen molar-refractivity contribution in [1.82, 2.24) is 39.7 Å². The maximum absolute atomic E-state index is 13.1. The molecule has 164 valence electrons. The predicted octanol–water partition coefficient (Wildman–Crippen LogP) is 5.23. The molecule has 10 heteroatoms. The fourth-order valence-corrected chi connectivity index (χ4v) is 5.36.